The second kappa shape index (κ2) is 6.67. The first-order chi connectivity index (χ1) is 11.5. The molecule has 0 saturated heterocycles. The van der Waals surface area contributed by atoms with E-state index >= 15 is 0 Å². The van der Waals surface area contributed by atoms with Gasteiger partial charge in [-0.1, -0.05) is 30.3 Å². The number of nitrogen functional groups attached to an aromatic ring is 1. The van der Waals surface area contributed by atoms with Crippen molar-refractivity contribution in [3.05, 3.63) is 60.4 Å². The van der Waals surface area contributed by atoms with Crippen LogP contribution in [0.15, 0.2) is 54.9 Å². The predicted molar refractivity (Wildman–Crippen MR) is 92.7 cm³/mol. The fraction of sp³-hybridized carbons (Fsp3) is 0.235. The van der Waals surface area contributed by atoms with Crippen LogP contribution in [0.3, 0.4) is 0 Å². The minimum Gasteiger partial charge on any atom is -0.385 e. The highest BCUT2D eigenvalue weighted by Crippen LogP contribution is 2.24. The Morgan fingerprint density at radius 2 is 2.00 bits per heavy atom. The van der Waals surface area contributed by atoms with Crippen LogP contribution in [0.1, 0.15) is 18.9 Å². The molecule has 0 aliphatic carbocycles. The average molecular weight is 324 g/mol. The zero-order valence-corrected chi connectivity index (χ0v) is 13.4. The number of anilines is 2. The Labute approximate surface area is 140 Å². The third-order valence-electron chi connectivity index (χ3n) is 3.78. The highest BCUT2D eigenvalue weighted by atomic mass is 16.3. The smallest absolute Gasteiger partial charge is 0.224 e. The number of hydrogen-bond donors (Lipinski definition) is 3. The van der Waals surface area contributed by atoms with Gasteiger partial charge in [0.25, 0.3) is 0 Å². The summed E-state index contributed by atoms with van der Waals surface area (Å²) in [5, 5.41) is 17.9. The van der Waals surface area contributed by atoms with E-state index in [9.17, 15) is 5.11 Å². The monoisotopic (exact) mass is 324 g/mol. The van der Waals surface area contributed by atoms with Gasteiger partial charge in [0, 0.05) is 25.0 Å². The van der Waals surface area contributed by atoms with Crippen LogP contribution in [-0.4, -0.2) is 31.4 Å². The summed E-state index contributed by atoms with van der Waals surface area (Å²) in [6, 6.07) is 13.2. The van der Waals surface area contributed by atoms with E-state index in [2.05, 4.69) is 20.4 Å². The Morgan fingerprint density at radius 1 is 1.21 bits per heavy atom. The van der Waals surface area contributed by atoms with Gasteiger partial charge in [0.15, 0.2) is 5.82 Å². The molecule has 4 N–H and O–H groups in total. The maximum atomic E-state index is 10.6. The van der Waals surface area contributed by atoms with Gasteiger partial charge in [-0.2, -0.15) is 15.1 Å². The maximum Gasteiger partial charge on any atom is 0.224 e. The SMILES string of the molecule is CC(O)(CCNc1cc(-n2cccn2)nc(N)n1)c1ccccc1. The van der Waals surface area contributed by atoms with Gasteiger partial charge in [-0.25, -0.2) is 4.68 Å². The first-order valence-electron chi connectivity index (χ1n) is 7.71. The van der Waals surface area contributed by atoms with E-state index in [-0.39, 0.29) is 5.95 Å². The summed E-state index contributed by atoms with van der Waals surface area (Å²) in [5.74, 6) is 1.35. The normalized spacial score (nSPS) is 13.4. The van der Waals surface area contributed by atoms with Gasteiger partial charge >= 0.3 is 0 Å². The Bertz CT molecular complexity index is 786. The molecule has 0 radical (unpaired) electrons. The van der Waals surface area contributed by atoms with Crippen molar-refractivity contribution < 1.29 is 5.11 Å². The topological polar surface area (TPSA) is 102 Å². The number of benzene rings is 1. The molecule has 124 valence electrons. The second-order valence-corrected chi connectivity index (χ2v) is 5.74. The zero-order chi connectivity index (χ0) is 17.0. The molecule has 1 unspecified atom stereocenters. The summed E-state index contributed by atoms with van der Waals surface area (Å²) in [6.45, 7) is 2.34. The molecule has 1 atom stereocenters. The number of nitrogens with one attached hydrogen (secondary N) is 1. The Kier molecular flexibility index (Phi) is 4.43. The summed E-state index contributed by atoms with van der Waals surface area (Å²) in [4.78, 5) is 8.33. The van der Waals surface area contributed by atoms with E-state index in [0.29, 0.717) is 24.6 Å². The summed E-state index contributed by atoms with van der Waals surface area (Å²) >= 11 is 0. The van der Waals surface area contributed by atoms with E-state index in [0.717, 1.165) is 5.56 Å². The molecule has 0 spiro atoms. The van der Waals surface area contributed by atoms with Crippen molar-refractivity contribution in [3.63, 3.8) is 0 Å². The van der Waals surface area contributed by atoms with Crippen LogP contribution in [0, 0.1) is 0 Å². The Morgan fingerprint density at radius 3 is 2.71 bits per heavy atom. The molecular formula is C17H20N6O. The molecule has 7 nitrogen and oxygen atoms in total. The highest BCUT2D eigenvalue weighted by Gasteiger charge is 2.22. The number of nitrogens with zero attached hydrogens (tertiary/aromatic N) is 4. The number of hydrogen-bond acceptors (Lipinski definition) is 6. The van der Waals surface area contributed by atoms with Crippen molar-refractivity contribution in [2.75, 3.05) is 17.6 Å². The van der Waals surface area contributed by atoms with Crippen molar-refractivity contribution in [1.29, 1.82) is 0 Å². The van der Waals surface area contributed by atoms with Gasteiger partial charge in [0.05, 0.1) is 5.60 Å². The number of rotatable bonds is 6. The Hall–Kier alpha value is -2.93. The quantitative estimate of drug-likeness (QED) is 0.640. The van der Waals surface area contributed by atoms with Gasteiger partial charge in [-0.15, -0.1) is 0 Å². The third-order valence-corrected chi connectivity index (χ3v) is 3.78. The number of aromatic nitrogens is 4. The molecular weight excluding hydrogens is 304 g/mol. The third kappa shape index (κ3) is 3.69. The van der Waals surface area contributed by atoms with Crippen molar-refractivity contribution >= 4 is 11.8 Å². The van der Waals surface area contributed by atoms with Crippen LogP contribution in [0.25, 0.3) is 5.82 Å². The fourth-order valence-electron chi connectivity index (χ4n) is 2.44. The molecule has 0 fully saturated rings. The van der Waals surface area contributed by atoms with E-state index in [1.54, 1.807) is 30.1 Å². The lowest BCUT2D eigenvalue weighted by molar-refractivity contribution is 0.0515. The average Bonchev–Trinajstić information content (AvgIpc) is 3.09. The largest absolute Gasteiger partial charge is 0.385 e. The van der Waals surface area contributed by atoms with E-state index < -0.39 is 5.60 Å². The minimum atomic E-state index is -0.919. The lowest BCUT2D eigenvalue weighted by atomic mass is 9.93. The molecule has 0 amide bonds. The maximum absolute atomic E-state index is 10.6. The molecule has 3 rings (SSSR count). The van der Waals surface area contributed by atoms with E-state index in [1.807, 2.05) is 36.4 Å². The van der Waals surface area contributed by atoms with Crippen LogP contribution >= 0.6 is 0 Å². The molecule has 0 aliphatic rings. The minimum absolute atomic E-state index is 0.167. The van der Waals surface area contributed by atoms with Gasteiger partial charge in [0.2, 0.25) is 5.95 Å². The van der Waals surface area contributed by atoms with Crippen molar-refractivity contribution in [2.45, 2.75) is 18.9 Å². The van der Waals surface area contributed by atoms with Crippen molar-refractivity contribution in [2.24, 2.45) is 0 Å². The van der Waals surface area contributed by atoms with Crippen molar-refractivity contribution in [1.82, 2.24) is 19.7 Å². The lowest BCUT2D eigenvalue weighted by Gasteiger charge is -2.24. The first kappa shape index (κ1) is 15.9. The number of aliphatic hydroxyl groups is 1. The van der Waals surface area contributed by atoms with Crippen LogP contribution in [-0.2, 0) is 5.60 Å². The van der Waals surface area contributed by atoms with Crippen molar-refractivity contribution in [3.8, 4) is 5.82 Å². The molecule has 1 aromatic carbocycles. The summed E-state index contributed by atoms with van der Waals surface area (Å²) < 4.78 is 1.61. The number of nitrogens with two attached hydrogens (primary N) is 1. The molecule has 2 heterocycles. The van der Waals surface area contributed by atoms with Crippen LogP contribution in [0.5, 0.6) is 0 Å². The van der Waals surface area contributed by atoms with Gasteiger partial charge in [-0.05, 0) is 25.0 Å². The fourth-order valence-corrected chi connectivity index (χ4v) is 2.44. The molecule has 2 aromatic heterocycles. The highest BCUT2D eigenvalue weighted by molar-refractivity contribution is 5.45. The second-order valence-electron chi connectivity index (χ2n) is 5.74. The van der Waals surface area contributed by atoms with Gasteiger partial charge < -0.3 is 16.2 Å². The predicted octanol–water partition coefficient (Wildman–Crippen LogP) is 1.95. The summed E-state index contributed by atoms with van der Waals surface area (Å²) in [7, 11) is 0. The summed E-state index contributed by atoms with van der Waals surface area (Å²) in [5.41, 5.74) is 5.72. The van der Waals surface area contributed by atoms with Crippen LogP contribution in [0.2, 0.25) is 0 Å². The van der Waals surface area contributed by atoms with E-state index in [1.165, 1.54) is 0 Å². The standard InChI is InChI=1S/C17H20N6O/c1-17(24,13-6-3-2-4-7-13)8-10-19-14-12-15(22-16(18)21-14)23-11-5-9-20-23/h2-7,9,11-12,24H,8,10H2,1H3,(H3,18,19,21,22). The molecule has 3 aromatic rings. The van der Waals surface area contributed by atoms with Gasteiger partial charge in [-0.3, -0.25) is 0 Å². The lowest BCUT2D eigenvalue weighted by Crippen LogP contribution is -2.25. The summed E-state index contributed by atoms with van der Waals surface area (Å²) in [6.07, 6.45) is 3.98. The van der Waals surface area contributed by atoms with Crippen LogP contribution < -0.4 is 11.1 Å². The molecule has 7 heteroatoms. The molecule has 0 saturated carbocycles. The molecule has 0 aliphatic heterocycles. The zero-order valence-electron chi connectivity index (χ0n) is 13.4. The molecule has 0 bridgehead atoms. The Balaban J connectivity index is 1.67. The van der Waals surface area contributed by atoms with Crippen LogP contribution in [0.4, 0.5) is 11.8 Å². The van der Waals surface area contributed by atoms with E-state index in [4.69, 9.17) is 5.73 Å². The molecule has 24 heavy (non-hydrogen) atoms. The first-order valence-corrected chi connectivity index (χ1v) is 7.71. The van der Waals surface area contributed by atoms with Gasteiger partial charge in [0.1, 0.15) is 5.82 Å².